The van der Waals surface area contributed by atoms with E-state index in [4.69, 9.17) is 9.47 Å². The summed E-state index contributed by atoms with van der Waals surface area (Å²) >= 11 is 0. The number of hydrogen-bond donors (Lipinski definition) is 0. The molecule has 0 spiro atoms. The first-order valence-electron chi connectivity index (χ1n) is 12.4. The number of benzene rings is 1. The summed E-state index contributed by atoms with van der Waals surface area (Å²) in [6.07, 6.45) is 14.4. The highest BCUT2D eigenvalue weighted by Gasteiger charge is 2.20. The van der Waals surface area contributed by atoms with Crippen LogP contribution < -0.4 is 0 Å². The van der Waals surface area contributed by atoms with Crippen LogP contribution in [-0.4, -0.2) is 24.6 Å². The lowest BCUT2D eigenvalue weighted by atomic mass is 10.0. The summed E-state index contributed by atoms with van der Waals surface area (Å²) in [5.41, 5.74) is 0.557. The average Bonchev–Trinajstić information content (AvgIpc) is 2.76. The Kier molecular flexibility index (Phi) is 14.7. The second-order valence-electron chi connectivity index (χ2n) is 9.02. The van der Waals surface area contributed by atoms with Crippen molar-refractivity contribution in [1.82, 2.24) is 0 Å². The van der Waals surface area contributed by atoms with Crippen LogP contribution in [0, 0.1) is 5.92 Å². The number of unbranched alkanes of at least 4 members (excludes halogenated alkanes) is 9. The molecule has 1 aromatic rings. The van der Waals surface area contributed by atoms with Gasteiger partial charge in [-0.2, -0.15) is 0 Å². The van der Waals surface area contributed by atoms with Gasteiger partial charge in [-0.3, -0.25) is 0 Å². The van der Waals surface area contributed by atoms with E-state index in [2.05, 4.69) is 13.8 Å². The molecule has 1 rings (SSSR count). The van der Waals surface area contributed by atoms with Gasteiger partial charge < -0.3 is 9.47 Å². The van der Waals surface area contributed by atoms with E-state index in [0.717, 1.165) is 25.2 Å². The third-order valence-electron chi connectivity index (χ3n) is 5.66. The van der Waals surface area contributed by atoms with E-state index in [0.29, 0.717) is 6.61 Å². The first-order valence-corrected chi connectivity index (χ1v) is 12.4. The third-order valence-corrected chi connectivity index (χ3v) is 5.66. The van der Waals surface area contributed by atoms with Gasteiger partial charge in [-0.25, -0.2) is 9.59 Å². The zero-order valence-corrected chi connectivity index (χ0v) is 20.3. The minimum absolute atomic E-state index is 0.179. The quantitative estimate of drug-likeness (QED) is 0.186. The highest BCUT2D eigenvalue weighted by molar-refractivity contribution is 6.03. The van der Waals surface area contributed by atoms with Crippen molar-refractivity contribution in [3.8, 4) is 0 Å². The fourth-order valence-corrected chi connectivity index (χ4v) is 3.48. The van der Waals surface area contributed by atoms with Crippen LogP contribution in [0.1, 0.15) is 125 Å². The largest absolute Gasteiger partial charge is 0.462 e. The smallest absolute Gasteiger partial charge is 0.339 e. The van der Waals surface area contributed by atoms with Crippen LogP contribution in [0.5, 0.6) is 0 Å². The molecule has 0 N–H and O–H groups in total. The van der Waals surface area contributed by atoms with Crippen LogP contribution >= 0.6 is 0 Å². The Bertz CT molecular complexity index is 623. The monoisotopic (exact) mass is 432 g/mol. The number of hydrogen-bond acceptors (Lipinski definition) is 4. The molecule has 0 aromatic heterocycles. The maximum absolute atomic E-state index is 12.4. The molecule has 0 saturated carbocycles. The molecule has 0 bridgehead atoms. The summed E-state index contributed by atoms with van der Waals surface area (Å²) in [7, 11) is 0. The lowest BCUT2D eigenvalue weighted by Crippen LogP contribution is -2.18. The van der Waals surface area contributed by atoms with Gasteiger partial charge in [0.2, 0.25) is 0 Å². The molecule has 1 unspecified atom stereocenters. The number of esters is 2. The molecule has 0 aliphatic carbocycles. The van der Waals surface area contributed by atoms with Gasteiger partial charge in [-0.15, -0.1) is 0 Å². The lowest BCUT2D eigenvalue weighted by Gasteiger charge is -2.13. The average molecular weight is 433 g/mol. The third kappa shape index (κ3) is 12.6. The molecule has 1 atom stereocenters. The van der Waals surface area contributed by atoms with Gasteiger partial charge in [0.15, 0.2) is 0 Å². The van der Waals surface area contributed by atoms with Crippen molar-refractivity contribution in [3.05, 3.63) is 35.4 Å². The van der Waals surface area contributed by atoms with Gasteiger partial charge in [0.1, 0.15) is 0 Å². The summed E-state index contributed by atoms with van der Waals surface area (Å²) in [5.74, 6) is -0.0869. The van der Waals surface area contributed by atoms with Crippen molar-refractivity contribution in [2.24, 2.45) is 5.92 Å². The van der Waals surface area contributed by atoms with Crippen molar-refractivity contribution in [1.29, 1.82) is 0 Å². The normalized spacial score (nSPS) is 12.0. The maximum Gasteiger partial charge on any atom is 0.339 e. The Hall–Kier alpha value is -1.84. The predicted octanol–water partition coefficient (Wildman–Crippen LogP) is 7.75. The minimum Gasteiger partial charge on any atom is -0.462 e. The first kappa shape index (κ1) is 27.2. The van der Waals surface area contributed by atoms with Gasteiger partial charge in [0, 0.05) is 0 Å². The molecule has 0 saturated heterocycles. The fraction of sp³-hybridized carbons (Fsp3) is 0.704. The lowest BCUT2D eigenvalue weighted by molar-refractivity contribution is 0.0321. The summed E-state index contributed by atoms with van der Waals surface area (Å²) in [6, 6.07) is 6.71. The second kappa shape index (κ2) is 16.8. The molecule has 4 heteroatoms. The van der Waals surface area contributed by atoms with Gasteiger partial charge in [0.05, 0.1) is 23.8 Å². The molecular formula is C27H44O4. The number of carbonyl (C=O) groups is 2. The Labute approximate surface area is 190 Å². The van der Waals surface area contributed by atoms with Crippen LogP contribution in [0.2, 0.25) is 0 Å². The van der Waals surface area contributed by atoms with E-state index in [9.17, 15) is 9.59 Å². The Balaban J connectivity index is 2.14. The van der Waals surface area contributed by atoms with Crippen molar-refractivity contribution in [2.75, 3.05) is 6.61 Å². The van der Waals surface area contributed by atoms with Crippen molar-refractivity contribution < 1.29 is 19.1 Å². The fourth-order valence-electron chi connectivity index (χ4n) is 3.48. The van der Waals surface area contributed by atoms with E-state index in [-0.39, 0.29) is 17.2 Å². The maximum atomic E-state index is 12.4. The number of carbonyl (C=O) groups excluding carboxylic acids is 2. The van der Waals surface area contributed by atoms with Crippen LogP contribution in [0.15, 0.2) is 24.3 Å². The minimum atomic E-state index is -0.471. The summed E-state index contributed by atoms with van der Waals surface area (Å²) in [5, 5.41) is 0. The van der Waals surface area contributed by atoms with E-state index >= 15 is 0 Å². The standard InChI is InChI=1S/C27H44O4/c1-5-23(4)31-27(29)25-20-16-15-19-24(25)26(28)30-21-17-13-11-9-7-6-8-10-12-14-18-22(2)3/h15-16,19-20,22-23H,5-14,17-18,21H2,1-4H3. The predicted molar refractivity (Wildman–Crippen MR) is 128 cm³/mol. The van der Waals surface area contributed by atoms with Gasteiger partial charge in [-0.1, -0.05) is 97.1 Å². The van der Waals surface area contributed by atoms with Crippen LogP contribution in [0.4, 0.5) is 0 Å². The van der Waals surface area contributed by atoms with Gasteiger partial charge in [-0.05, 0) is 37.8 Å². The molecular weight excluding hydrogens is 388 g/mol. The van der Waals surface area contributed by atoms with E-state index in [1.807, 2.05) is 13.8 Å². The highest BCUT2D eigenvalue weighted by atomic mass is 16.5. The van der Waals surface area contributed by atoms with E-state index in [1.54, 1.807) is 24.3 Å². The molecule has 0 fully saturated rings. The van der Waals surface area contributed by atoms with Crippen LogP contribution in [0.3, 0.4) is 0 Å². The Morgan fingerprint density at radius 1 is 0.742 bits per heavy atom. The van der Waals surface area contributed by atoms with Gasteiger partial charge in [0.25, 0.3) is 0 Å². The molecule has 0 aliphatic rings. The van der Waals surface area contributed by atoms with E-state index in [1.165, 1.54) is 57.8 Å². The van der Waals surface area contributed by atoms with Crippen molar-refractivity contribution in [2.45, 2.75) is 111 Å². The van der Waals surface area contributed by atoms with E-state index < -0.39 is 11.9 Å². The molecule has 176 valence electrons. The van der Waals surface area contributed by atoms with Gasteiger partial charge >= 0.3 is 11.9 Å². The van der Waals surface area contributed by atoms with Crippen molar-refractivity contribution in [3.63, 3.8) is 0 Å². The summed E-state index contributed by atoms with van der Waals surface area (Å²) in [4.78, 5) is 24.7. The number of rotatable bonds is 17. The first-order chi connectivity index (χ1) is 15.0. The molecule has 0 heterocycles. The molecule has 0 aliphatic heterocycles. The molecule has 31 heavy (non-hydrogen) atoms. The topological polar surface area (TPSA) is 52.6 Å². The van der Waals surface area contributed by atoms with Crippen LogP contribution in [-0.2, 0) is 9.47 Å². The Morgan fingerprint density at radius 2 is 1.23 bits per heavy atom. The Morgan fingerprint density at radius 3 is 1.74 bits per heavy atom. The SMILES string of the molecule is CCC(C)OC(=O)c1ccccc1C(=O)OCCCCCCCCCCCCC(C)C. The molecule has 4 nitrogen and oxygen atoms in total. The number of ether oxygens (including phenoxy) is 2. The highest BCUT2D eigenvalue weighted by Crippen LogP contribution is 2.15. The van der Waals surface area contributed by atoms with Crippen molar-refractivity contribution >= 4 is 11.9 Å². The zero-order chi connectivity index (χ0) is 22.9. The zero-order valence-electron chi connectivity index (χ0n) is 20.3. The molecule has 0 amide bonds. The summed E-state index contributed by atoms with van der Waals surface area (Å²) < 4.78 is 10.8. The van der Waals surface area contributed by atoms with Crippen LogP contribution in [0.25, 0.3) is 0 Å². The second-order valence-corrected chi connectivity index (χ2v) is 9.02. The molecule has 1 aromatic carbocycles. The summed E-state index contributed by atoms with van der Waals surface area (Å²) in [6.45, 7) is 8.78. The molecule has 0 radical (unpaired) electrons.